The molecular formula is C7H12O2. The van der Waals surface area contributed by atoms with E-state index in [2.05, 4.69) is 6.92 Å². The molecule has 1 saturated heterocycles. The lowest BCUT2D eigenvalue weighted by molar-refractivity contribution is -0.0451. The summed E-state index contributed by atoms with van der Waals surface area (Å²) in [4.78, 5) is 0. The Labute approximate surface area is 55.1 Å². The number of hydrogen-bond acceptors (Lipinski definition) is 2. The molecule has 0 radical (unpaired) electrons. The molecule has 1 unspecified atom stereocenters. The molecule has 2 heteroatoms. The van der Waals surface area contributed by atoms with Crippen molar-refractivity contribution in [3.8, 4) is 0 Å². The van der Waals surface area contributed by atoms with Crippen LogP contribution in [0.2, 0.25) is 0 Å². The molecule has 0 amide bonds. The van der Waals surface area contributed by atoms with Crippen molar-refractivity contribution in [1.29, 1.82) is 0 Å². The van der Waals surface area contributed by atoms with Crippen molar-refractivity contribution in [2.75, 3.05) is 20.0 Å². The van der Waals surface area contributed by atoms with E-state index in [1.54, 1.807) is 0 Å². The highest BCUT2D eigenvalue weighted by atomic mass is 16.7. The third-order valence-corrected chi connectivity index (χ3v) is 2.55. The average molecular weight is 128 g/mol. The van der Waals surface area contributed by atoms with Crippen LogP contribution >= 0.6 is 0 Å². The van der Waals surface area contributed by atoms with Crippen LogP contribution in [0.4, 0.5) is 0 Å². The maximum absolute atomic E-state index is 5.20. The van der Waals surface area contributed by atoms with E-state index in [0.717, 1.165) is 31.0 Å². The summed E-state index contributed by atoms with van der Waals surface area (Å²) >= 11 is 0. The van der Waals surface area contributed by atoms with E-state index in [1.165, 1.54) is 0 Å². The van der Waals surface area contributed by atoms with Gasteiger partial charge in [-0.15, -0.1) is 0 Å². The summed E-state index contributed by atoms with van der Waals surface area (Å²) in [6.45, 7) is 4.63. The minimum atomic E-state index is 0.514. The van der Waals surface area contributed by atoms with Gasteiger partial charge in [0, 0.05) is 0 Å². The quantitative estimate of drug-likeness (QED) is 0.482. The van der Waals surface area contributed by atoms with E-state index in [9.17, 15) is 0 Å². The standard InChI is InChI=1S/C7H12O2/c1-5-6-2-8-4-9-3-7(5)6/h5-7H,2-4H2,1H3/t5?,6-,7+. The Kier molecular flexibility index (Phi) is 1.24. The highest BCUT2D eigenvalue weighted by molar-refractivity contribution is 4.94. The van der Waals surface area contributed by atoms with Crippen molar-refractivity contribution in [2.45, 2.75) is 6.92 Å². The van der Waals surface area contributed by atoms with Crippen LogP contribution in [0.3, 0.4) is 0 Å². The Morgan fingerprint density at radius 3 is 2.22 bits per heavy atom. The van der Waals surface area contributed by atoms with Gasteiger partial charge in [0.1, 0.15) is 6.79 Å². The molecule has 2 nitrogen and oxygen atoms in total. The van der Waals surface area contributed by atoms with E-state index in [-0.39, 0.29) is 0 Å². The van der Waals surface area contributed by atoms with Gasteiger partial charge in [-0.1, -0.05) is 6.92 Å². The van der Waals surface area contributed by atoms with Crippen molar-refractivity contribution in [3.05, 3.63) is 0 Å². The molecule has 1 aliphatic carbocycles. The zero-order chi connectivity index (χ0) is 6.27. The number of fused-ring (bicyclic) bond motifs is 1. The van der Waals surface area contributed by atoms with Crippen molar-refractivity contribution in [2.24, 2.45) is 17.8 Å². The molecule has 0 spiro atoms. The molecule has 0 N–H and O–H groups in total. The lowest BCUT2D eigenvalue weighted by Crippen LogP contribution is -2.00. The lowest BCUT2D eigenvalue weighted by Gasteiger charge is -1.99. The summed E-state index contributed by atoms with van der Waals surface area (Å²) in [6.07, 6.45) is 0. The van der Waals surface area contributed by atoms with Gasteiger partial charge in [-0.2, -0.15) is 0 Å². The van der Waals surface area contributed by atoms with Gasteiger partial charge in [-0.05, 0) is 17.8 Å². The zero-order valence-corrected chi connectivity index (χ0v) is 5.67. The summed E-state index contributed by atoms with van der Waals surface area (Å²) in [5.74, 6) is 2.48. The van der Waals surface area contributed by atoms with Gasteiger partial charge in [0.15, 0.2) is 0 Å². The summed E-state index contributed by atoms with van der Waals surface area (Å²) < 4.78 is 10.4. The van der Waals surface area contributed by atoms with E-state index in [0.29, 0.717) is 6.79 Å². The number of hydrogen-bond donors (Lipinski definition) is 0. The minimum Gasteiger partial charge on any atom is -0.355 e. The lowest BCUT2D eigenvalue weighted by atomic mass is 10.3. The molecule has 3 atom stereocenters. The molecule has 0 aromatic rings. The van der Waals surface area contributed by atoms with Gasteiger partial charge in [-0.3, -0.25) is 0 Å². The SMILES string of the molecule is CC1[C@H]2COCOC[C@@H]12. The van der Waals surface area contributed by atoms with Crippen LogP contribution in [0.25, 0.3) is 0 Å². The van der Waals surface area contributed by atoms with Crippen LogP contribution in [0.15, 0.2) is 0 Å². The Morgan fingerprint density at radius 1 is 1.11 bits per heavy atom. The maximum Gasteiger partial charge on any atom is 0.146 e. The molecule has 2 aliphatic rings. The topological polar surface area (TPSA) is 18.5 Å². The second-order valence-electron chi connectivity index (χ2n) is 3.05. The normalized spacial score (nSPS) is 49.7. The van der Waals surface area contributed by atoms with Gasteiger partial charge in [-0.25, -0.2) is 0 Å². The fourth-order valence-electron chi connectivity index (χ4n) is 1.61. The fourth-order valence-corrected chi connectivity index (χ4v) is 1.61. The van der Waals surface area contributed by atoms with Crippen LogP contribution in [-0.2, 0) is 9.47 Å². The summed E-state index contributed by atoms with van der Waals surface area (Å²) in [5.41, 5.74) is 0. The predicted octanol–water partition coefficient (Wildman–Crippen LogP) is 0.873. The fraction of sp³-hybridized carbons (Fsp3) is 1.00. The third-order valence-electron chi connectivity index (χ3n) is 2.55. The Balaban J connectivity index is 1.93. The molecule has 2 fully saturated rings. The zero-order valence-electron chi connectivity index (χ0n) is 5.67. The monoisotopic (exact) mass is 128 g/mol. The van der Waals surface area contributed by atoms with Gasteiger partial charge in [0.25, 0.3) is 0 Å². The largest absolute Gasteiger partial charge is 0.355 e. The van der Waals surface area contributed by atoms with Crippen LogP contribution in [0, 0.1) is 17.8 Å². The first-order valence-electron chi connectivity index (χ1n) is 3.55. The van der Waals surface area contributed by atoms with E-state index >= 15 is 0 Å². The highest BCUT2D eigenvalue weighted by Gasteiger charge is 2.47. The van der Waals surface area contributed by atoms with Gasteiger partial charge >= 0.3 is 0 Å². The number of ether oxygens (including phenoxy) is 2. The molecule has 0 bridgehead atoms. The average Bonchev–Trinajstić information content (AvgIpc) is 2.51. The summed E-state index contributed by atoms with van der Waals surface area (Å²) in [7, 11) is 0. The van der Waals surface area contributed by atoms with Crippen LogP contribution in [-0.4, -0.2) is 20.0 Å². The molecule has 0 aromatic carbocycles. The van der Waals surface area contributed by atoms with Crippen LogP contribution < -0.4 is 0 Å². The highest BCUT2D eigenvalue weighted by Crippen LogP contribution is 2.46. The predicted molar refractivity (Wildman–Crippen MR) is 32.9 cm³/mol. The molecule has 1 heterocycles. The minimum absolute atomic E-state index is 0.514. The van der Waals surface area contributed by atoms with E-state index < -0.39 is 0 Å². The van der Waals surface area contributed by atoms with Crippen LogP contribution in [0.1, 0.15) is 6.92 Å². The Hall–Kier alpha value is -0.0800. The van der Waals surface area contributed by atoms with Crippen molar-refractivity contribution in [1.82, 2.24) is 0 Å². The van der Waals surface area contributed by atoms with Gasteiger partial charge in [0.05, 0.1) is 13.2 Å². The molecule has 2 rings (SSSR count). The maximum atomic E-state index is 5.20. The van der Waals surface area contributed by atoms with Gasteiger partial charge in [0.2, 0.25) is 0 Å². The van der Waals surface area contributed by atoms with E-state index in [4.69, 9.17) is 9.47 Å². The molecule has 1 saturated carbocycles. The molecule has 1 aliphatic heterocycles. The molecular weight excluding hydrogens is 116 g/mol. The molecule has 9 heavy (non-hydrogen) atoms. The second-order valence-corrected chi connectivity index (χ2v) is 3.05. The van der Waals surface area contributed by atoms with Crippen molar-refractivity contribution in [3.63, 3.8) is 0 Å². The third kappa shape index (κ3) is 0.864. The molecule has 52 valence electrons. The van der Waals surface area contributed by atoms with Crippen molar-refractivity contribution >= 4 is 0 Å². The first-order valence-corrected chi connectivity index (χ1v) is 3.55. The van der Waals surface area contributed by atoms with Gasteiger partial charge < -0.3 is 9.47 Å². The summed E-state index contributed by atoms with van der Waals surface area (Å²) in [6, 6.07) is 0. The summed E-state index contributed by atoms with van der Waals surface area (Å²) in [5, 5.41) is 0. The van der Waals surface area contributed by atoms with Crippen LogP contribution in [0.5, 0.6) is 0 Å². The first kappa shape index (κ1) is 5.69. The van der Waals surface area contributed by atoms with E-state index in [1.807, 2.05) is 0 Å². The smallest absolute Gasteiger partial charge is 0.146 e. The first-order chi connectivity index (χ1) is 4.39. The van der Waals surface area contributed by atoms with Crippen molar-refractivity contribution < 1.29 is 9.47 Å². The number of rotatable bonds is 0. The Bertz CT molecular complexity index is 101. The molecule has 0 aromatic heterocycles. The Morgan fingerprint density at radius 2 is 1.67 bits per heavy atom. The second kappa shape index (κ2) is 1.96.